The molecule has 1 aromatic rings. The van der Waals surface area contributed by atoms with Gasteiger partial charge >= 0.3 is 0 Å². The van der Waals surface area contributed by atoms with Crippen molar-refractivity contribution < 1.29 is 9.84 Å². The minimum Gasteiger partial charge on any atom is -0.489 e. The van der Waals surface area contributed by atoms with E-state index in [0.717, 1.165) is 25.3 Å². The number of guanidine groups is 1. The molecule has 2 aliphatic heterocycles. The first kappa shape index (κ1) is 25.8. The Bertz CT molecular complexity index is 696. The van der Waals surface area contributed by atoms with E-state index in [2.05, 4.69) is 27.6 Å². The number of rotatable bonds is 7. The van der Waals surface area contributed by atoms with Crippen LogP contribution in [0.1, 0.15) is 39.0 Å². The first-order valence-corrected chi connectivity index (χ1v) is 11.2. The van der Waals surface area contributed by atoms with Crippen molar-refractivity contribution in [1.29, 1.82) is 0 Å². The molecule has 170 valence electrons. The van der Waals surface area contributed by atoms with Gasteiger partial charge in [0.25, 0.3) is 0 Å². The minimum atomic E-state index is -0.739. The Morgan fingerprint density at radius 1 is 1.30 bits per heavy atom. The fourth-order valence-electron chi connectivity index (χ4n) is 4.28. The van der Waals surface area contributed by atoms with Gasteiger partial charge in [0, 0.05) is 24.7 Å². The van der Waals surface area contributed by atoms with Crippen molar-refractivity contribution in [2.75, 3.05) is 26.7 Å². The van der Waals surface area contributed by atoms with E-state index in [1.165, 1.54) is 19.3 Å². The van der Waals surface area contributed by atoms with Crippen molar-refractivity contribution >= 4 is 53.1 Å². The first-order valence-electron chi connectivity index (χ1n) is 10.5. The Morgan fingerprint density at radius 3 is 2.67 bits per heavy atom. The van der Waals surface area contributed by atoms with Crippen LogP contribution in [0.4, 0.5) is 0 Å². The van der Waals surface area contributed by atoms with Gasteiger partial charge in [-0.15, -0.1) is 24.0 Å². The fourth-order valence-corrected chi connectivity index (χ4v) is 4.62. The second-order valence-corrected chi connectivity index (χ2v) is 8.74. The number of nitrogens with zero attached hydrogens (tertiary/aromatic N) is 2. The van der Waals surface area contributed by atoms with Crippen molar-refractivity contribution in [3.63, 3.8) is 0 Å². The maximum Gasteiger partial charge on any atom is 0.191 e. The summed E-state index contributed by atoms with van der Waals surface area (Å²) in [5.41, 5.74) is 0. The summed E-state index contributed by atoms with van der Waals surface area (Å²) in [5, 5.41) is 17.9. The SMILES string of the molecule is CCNC(=NCC(O)COc1cccc(Cl)c1Cl)NC1CC2CCCC(C1)N2C.I. The van der Waals surface area contributed by atoms with E-state index in [1.54, 1.807) is 18.2 Å². The number of fused-ring (bicyclic) bond motifs is 2. The molecule has 0 aromatic heterocycles. The number of halogens is 3. The third-order valence-electron chi connectivity index (χ3n) is 5.83. The molecule has 2 bridgehead atoms. The van der Waals surface area contributed by atoms with Gasteiger partial charge in [-0.1, -0.05) is 35.7 Å². The number of aliphatic hydroxyl groups excluding tert-OH is 1. The molecule has 2 aliphatic rings. The molecule has 9 heteroatoms. The Morgan fingerprint density at radius 2 is 2.00 bits per heavy atom. The molecular formula is C21H33Cl2IN4O2. The summed E-state index contributed by atoms with van der Waals surface area (Å²) in [6.07, 6.45) is 5.43. The van der Waals surface area contributed by atoms with Crippen molar-refractivity contribution in [3.8, 4) is 5.75 Å². The molecule has 1 aromatic carbocycles. The van der Waals surface area contributed by atoms with E-state index in [9.17, 15) is 5.11 Å². The van der Waals surface area contributed by atoms with Gasteiger partial charge in [-0.05, 0) is 51.8 Å². The maximum absolute atomic E-state index is 10.3. The number of piperidine rings is 2. The van der Waals surface area contributed by atoms with Crippen LogP contribution in [0.5, 0.6) is 5.75 Å². The van der Waals surface area contributed by atoms with Crippen LogP contribution in [-0.4, -0.2) is 66.9 Å². The molecule has 30 heavy (non-hydrogen) atoms. The summed E-state index contributed by atoms with van der Waals surface area (Å²) >= 11 is 12.1. The number of benzene rings is 1. The van der Waals surface area contributed by atoms with Gasteiger partial charge in [-0.3, -0.25) is 4.99 Å². The summed E-state index contributed by atoms with van der Waals surface area (Å²) in [4.78, 5) is 7.11. The topological polar surface area (TPSA) is 69.1 Å². The molecular weight excluding hydrogens is 538 g/mol. The zero-order chi connectivity index (χ0) is 20.8. The molecule has 3 atom stereocenters. The van der Waals surface area contributed by atoms with Gasteiger partial charge in [0.15, 0.2) is 5.96 Å². The molecule has 6 nitrogen and oxygen atoms in total. The average molecular weight is 571 g/mol. The molecule has 0 saturated carbocycles. The maximum atomic E-state index is 10.3. The average Bonchev–Trinajstić information content (AvgIpc) is 2.68. The molecule has 2 saturated heterocycles. The Balaban J connectivity index is 0.00000320. The monoisotopic (exact) mass is 570 g/mol. The minimum absolute atomic E-state index is 0. The highest BCUT2D eigenvalue weighted by molar-refractivity contribution is 14.0. The van der Waals surface area contributed by atoms with Gasteiger partial charge in [-0.2, -0.15) is 0 Å². The predicted octanol–water partition coefficient (Wildman–Crippen LogP) is 3.92. The van der Waals surface area contributed by atoms with Gasteiger partial charge in [-0.25, -0.2) is 0 Å². The van der Waals surface area contributed by atoms with E-state index < -0.39 is 6.10 Å². The quantitative estimate of drug-likeness (QED) is 0.263. The summed E-state index contributed by atoms with van der Waals surface area (Å²) in [5.74, 6) is 1.21. The number of hydrogen-bond donors (Lipinski definition) is 3. The zero-order valence-corrected chi connectivity index (χ0v) is 21.5. The smallest absolute Gasteiger partial charge is 0.191 e. The molecule has 0 aliphatic carbocycles. The van der Waals surface area contributed by atoms with Crippen LogP contribution in [0.3, 0.4) is 0 Å². The summed E-state index contributed by atoms with van der Waals surface area (Å²) < 4.78 is 5.60. The van der Waals surface area contributed by atoms with Crippen LogP contribution >= 0.6 is 47.2 Å². The standard InChI is InChI=1S/C21H32Cl2N4O2.HI/c1-3-24-21(26-14-10-15-6-4-7-16(11-14)27(15)2)25-12-17(28)13-29-19-9-5-8-18(22)20(19)23;/h5,8-9,14-17,28H,3-4,6-7,10-13H2,1-2H3,(H2,24,25,26);1H. The van der Waals surface area contributed by atoms with Crippen molar-refractivity contribution in [2.45, 2.75) is 63.3 Å². The van der Waals surface area contributed by atoms with E-state index in [4.69, 9.17) is 27.9 Å². The molecule has 3 N–H and O–H groups in total. The molecule has 3 unspecified atom stereocenters. The van der Waals surface area contributed by atoms with Crippen LogP contribution < -0.4 is 15.4 Å². The highest BCUT2D eigenvalue weighted by Gasteiger charge is 2.36. The lowest BCUT2D eigenvalue weighted by Crippen LogP contribution is -2.56. The van der Waals surface area contributed by atoms with Crippen molar-refractivity contribution in [2.24, 2.45) is 4.99 Å². The number of aliphatic imine (C=N–C) groups is 1. The second-order valence-electron chi connectivity index (χ2n) is 7.95. The van der Waals surface area contributed by atoms with Gasteiger partial charge in [0.2, 0.25) is 0 Å². The zero-order valence-electron chi connectivity index (χ0n) is 17.6. The first-order chi connectivity index (χ1) is 14.0. The molecule has 0 spiro atoms. The Labute approximate surface area is 206 Å². The predicted molar refractivity (Wildman–Crippen MR) is 135 cm³/mol. The normalized spacial score (nSPS) is 25.2. The lowest BCUT2D eigenvalue weighted by molar-refractivity contribution is 0.0526. The Kier molecular flexibility index (Phi) is 10.8. The molecule has 0 amide bonds. The third-order valence-corrected chi connectivity index (χ3v) is 6.63. The lowest BCUT2D eigenvalue weighted by atomic mass is 9.82. The molecule has 3 rings (SSSR count). The largest absolute Gasteiger partial charge is 0.489 e. The third kappa shape index (κ3) is 7.02. The van der Waals surface area contributed by atoms with E-state index in [-0.39, 0.29) is 37.1 Å². The van der Waals surface area contributed by atoms with Gasteiger partial charge < -0.3 is 25.4 Å². The Hall–Kier alpha value is -0.480. The number of nitrogens with one attached hydrogen (secondary N) is 2. The van der Waals surface area contributed by atoms with E-state index in [1.807, 2.05) is 6.92 Å². The highest BCUT2D eigenvalue weighted by atomic mass is 127. The van der Waals surface area contributed by atoms with Crippen molar-refractivity contribution in [3.05, 3.63) is 28.2 Å². The summed E-state index contributed by atoms with van der Waals surface area (Å²) in [6, 6.07) is 6.92. The van der Waals surface area contributed by atoms with Crippen LogP contribution in [0.25, 0.3) is 0 Å². The van der Waals surface area contributed by atoms with Crippen LogP contribution in [-0.2, 0) is 0 Å². The molecule has 2 fully saturated rings. The van der Waals surface area contributed by atoms with Crippen LogP contribution in [0.15, 0.2) is 23.2 Å². The molecule has 0 radical (unpaired) electrons. The number of ether oxygens (including phenoxy) is 1. The fraction of sp³-hybridized carbons (Fsp3) is 0.667. The molecule has 2 heterocycles. The second kappa shape index (κ2) is 12.5. The lowest BCUT2D eigenvalue weighted by Gasteiger charge is -2.47. The van der Waals surface area contributed by atoms with Crippen LogP contribution in [0.2, 0.25) is 10.0 Å². The highest BCUT2D eigenvalue weighted by Crippen LogP contribution is 2.33. The summed E-state index contributed by atoms with van der Waals surface area (Å²) in [7, 11) is 2.26. The number of hydrogen-bond acceptors (Lipinski definition) is 4. The van der Waals surface area contributed by atoms with Crippen molar-refractivity contribution in [1.82, 2.24) is 15.5 Å². The number of aliphatic hydroxyl groups is 1. The van der Waals surface area contributed by atoms with E-state index in [0.29, 0.717) is 33.9 Å². The van der Waals surface area contributed by atoms with Gasteiger partial charge in [0.05, 0.1) is 11.6 Å². The summed E-state index contributed by atoms with van der Waals surface area (Å²) in [6.45, 7) is 3.16. The van der Waals surface area contributed by atoms with Gasteiger partial charge in [0.1, 0.15) is 23.5 Å². The van der Waals surface area contributed by atoms with E-state index >= 15 is 0 Å². The van der Waals surface area contributed by atoms with Crippen LogP contribution in [0, 0.1) is 0 Å².